The van der Waals surface area contributed by atoms with Crippen molar-refractivity contribution in [2.45, 2.75) is 32.5 Å². The molecule has 102 valence electrons. The van der Waals surface area contributed by atoms with E-state index in [0.717, 1.165) is 0 Å². The highest BCUT2D eigenvalue weighted by Gasteiger charge is 2.34. The van der Waals surface area contributed by atoms with Crippen molar-refractivity contribution in [3.8, 4) is 0 Å². The number of hydrogen-bond acceptors (Lipinski definition) is 3. The highest BCUT2D eigenvalue weighted by atomic mass is 32.2. The minimum Gasteiger partial charge on any atom is -0.480 e. The standard InChI is InChI=1S/C8H14F3NO4S/c1-6(2)12(5-7(13)14)17(15,16)4-3-8(9,10)11/h6H,3-5H2,1-2H3,(H,13,14). The van der Waals surface area contributed by atoms with Crippen LogP contribution in [0.2, 0.25) is 0 Å². The zero-order valence-electron chi connectivity index (χ0n) is 9.36. The second kappa shape index (κ2) is 5.67. The van der Waals surface area contributed by atoms with Gasteiger partial charge in [0.1, 0.15) is 6.54 Å². The van der Waals surface area contributed by atoms with Crippen LogP contribution in [-0.4, -0.2) is 48.3 Å². The van der Waals surface area contributed by atoms with Crippen LogP contribution in [-0.2, 0) is 14.8 Å². The summed E-state index contributed by atoms with van der Waals surface area (Å²) in [4.78, 5) is 10.4. The molecule has 5 nitrogen and oxygen atoms in total. The van der Waals surface area contributed by atoms with Crippen molar-refractivity contribution in [2.24, 2.45) is 0 Å². The molecule has 0 fully saturated rings. The normalized spacial score (nSPS) is 13.4. The molecule has 0 saturated heterocycles. The van der Waals surface area contributed by atoms with E-state index in [1.807, 2.05) is 0 Å². The maximum Gasteiger partial charge on any atom is 0.390 e. The molecule has 0 spiro atoms. The van der Waals surface area contributed by atoms with Gasteiger partial charge in [-0.15, -0.1) is 0 Å². The maximum atomic E-state index is 11.9. The van der Waals surface area contributed by atoms with E-state index < -0.39 is 46.9 Å². The van der Waals surface area contributed by atoms with Gasteiger partial charge in [-0.1, -0.05) is 0 Å². The van der Waals surface area contributed by atoms with Crippen LogP contribution < -0.4 is 0 Å². The number of carboxylic acids is 1. The van der Waals surface area contributed by atoms with Gasteiger partial charge in [0.15, 0.2) is 0 Å². The topological polar surface area (TPSA) is 74.7 Å². The zero-order chi connectivity index (χ0) is 13.9. The van der Waals surface area contributed by atoms with Crippen LogP contribution in [0, 0.1) is 0 Å². The van der Waals surface area contributed by atoms with Gasteiger partial charge in [0.25, 0.3) is 0 Å². The van der Waals surface area contributed by atoms with E-state index in [1.165, 1.54) is 13.8 Å². The fourth-order valence-electron chi connectivity index (χ4n) is 1.10. The van der Waals surface area contributed by atoms with Gasteiger partial charge in [-0.3, -0.25) is 4.79 Å². The highest BCUT2D eigenvalue weighted by Crippen LogP contribution is 2.21. The Bertz CT molecular complexity index is 363. The number of rotatable bonds is 6. The van der Waals surface area contributed by atoms with Gasteiger partial charge in [0.05, 0.1) is 12.2 Å². The molecule has 0 heterocycles. The van der Waals surface area contributed by atoms with E-state index in [9.17, 15) is 26.4 Å². The summed E-state index contributed by atoms with van der Waals surface area (Å²) in [5.41, 5.74) is 0. The van der Waals surface area contributed by atoms with Crippen LogP contribution in [0.5, 0.6) is 0 Å². The van der Waals surface area contributed by atoms with Crippen LogP contribution in [0.3, 0.4) is 0 Å². The molecule has 17 heavy (non-hydrogen) atoms. The lowest BCUT2D eigenvalue weighted by molar-refractivity contribution is -0.137. The number of nitrogens with zero attached hydrogens (tertiary/aromatic N) is 1. The molecular formula is C8H14F3NO4S. The van der Waals surface area contributed by atoms with Gasteiger partial charge < -0.3 is 5.11 Å². The van der Waals surface area contributed by atoms with Crippen molar-refractivity contribution >= 4 is 16.0 Å². The minimum absolute atomic E-state index is 0.543. The van der Waals surface area contributed by atoms with Gasteiger partial charge in [-0.2, -0.15) is 17.5 Å². The van der Waals surface area contributed by atoms with E-state index in [4.69, 9.17) is 5.11 Å². The molecule has 0 atom stereocenters. The van der Waals surface area contributed by atoms with E-state index in [1.54, 1.807) is 0 Å². The summed E-state index contributed by atoms with van der Waals surface area (Å²) in [6.07, 6.45) is -6.07. The van der Waals surface area contributed by atoms with Gasteiger partial charge in [0, 0.05) is 6.04 Å². The molecule has 0 unspecified atom stereocenters. The molecule has 0 radical (unpaired) electrons. The van der Waals surface area contributed by atoms with Crippen molar-refractivity contribution in [3.63, 3.8) is 0 Å². The average molecular weight is 277 g/mol. The second-order valence-electron chi connectivity index (χ2n) is 3.71. The second-order valence-corrected chi connectivity index (χ2v) is 5.75. The zero-order valence-corrected chi connectivity index (χ0v) is 10.2. The number of carboxylic acid groups (broad SMARTS) is 1. The maximum absolute atomic E-state index is 11.9. The number of sulfonamides is 1. The summed E-state index contributed by atoms with van der Waals surface area (Å²) in [7, 11) is -4.22. The van der Waals surface area contributed by atoms with Crippen molar-refractivity contribution in [3.05, 3.63) is 0 Å². The number of carbonyl (C=O) groups is 1. The molecule has 0 aliphatic rings. The third kappa shape index (κ3) is 6.47. The fourth-order valence-corrected chi connectivity index (χ4v) is 2.77. The summed E-state index contributed by atoms with van der Waals surface area (Å²) < 4.78 is 59.3. The summed E-state index contributed by atoms with van der Waals surface area (Å²) in [5, 5.41) is 8.50. The quantitative estimate of drug-likeness (QED) is 0.788. The third-order valence-corrected chi connectivity index (χ3v) is 3.85. The Hall–Kier alpha value is -0.830. The number of alkyl halides is 3. The molecule has 0 amide bonds. The van der Waals surface area contributed by atoms with Crippen molar-refractivity contribution < 1.29 is 31.5 Å². The molecule has 0 rings (SSSR count). The smallest absolute Gasteiger partial charge is 0.390 e. The van der Waals surface area contributed by atoms with Gasteiger partial charge >= 0.3 is 12.1 Å². The first-order valence-corrected chi connectivity index (χ1v) is 6.34. The number of hydrogen-bond donors (Lipinski definition) is 1. The Kier molecular flexibility index (Phi) is 5.40. The van der Waals surface area contributed by atoms with Gasteiger partial charge in [-0.25, -0.2) is 8.42 Å². The molecule has 1 N–H and O–H groups in total. The largest absolute Gasteiger partial charge is 0.480 e. The first-order valence-electron chi connectivity index (χ1n) is 4.74. The van der Waals surface area contributed by atoms with Gasteiger partial charge in [0.2, 0.25) is 10.0 Å². The Morgan fingerprint density at radius 3 is 2.12 bits per heavy atom. The summed E-state index contributed by atoms with van der Waals surface area (Å²) >= 11 is 0. The predicted octanol–water partition coefficient (Wildman–Crippen LogP) is 1.06. The van der Waals surface area contributed by atoms with E-state index in [-0.39, 0.29) is 0 Å². The Balaban J connectivity index is 4.79. The lowest BCUT2D eigenvalue weighted by Crippen LogP contribution is -2.42. The molecule has 0 aromatic rings. The molecule has 9 heteroatoms. The summed E-state index contributed by atoms with van der Waals surface area (Å²) in [5.74, 6) is -2.55. The molecule has 0 saturated carbocycles. The average Bonchev–Trinajstić information content (AvgIpc) is 2.09. The van der Waals surface area contributed by atoms with Crippen molar-refractivity contribution in [1.29, 1.82) is 0 Å². The third-order valence-electron chi connectivity index (χ3n) is 1.87. The van der Waals surface area contributed by atoms with Crippen LogP contribution in [0.4, 0.5) is 13.2 Å². The lowest BCUT2D eigenvalue weighted by atomic mass is 10.4. The molecule has 0 aliphatic carbocycles. The predicted molar refractivity (Wildman–Crippen MR) is 53.9 cm³/mol. The van der Waals surface area contributed by atoms with Crippen LogP contribution >= 0.6 is 0 Å². The molecule has 0 aliphatic heterocycles. The van der Waals surface area contributed by atoms with Crippen LogP contribution in [0.1, 0.15) is 20.3 Å². The van der Waals surface area contributed by atoms with Gasteiger partial charge in [-0.05, 0) is 13.8 Å². The SMILES string of the molecule is CC(C)N(CC(=O)O)S(=O)(=O)CCC(F)(F)F. The van der Waals surface area contributed by atoms with E-state index in [2.05, 4.69) is 0 Å². The summed E-state index contributed by atoms with van der Waals surface area (Å²) in [6, 6.07) is -0.704. The molecule has 0 bridgehead atoms. The molecule has 0 aromatic heterocycles. The molecular weight excluding hydrogens is 263 g/mol. The van der Waals surface area contributed by atoms with Crippen LogP contribution in [0.15, 0.2) is 0 Å². The Labute approximate surface area is 97.3 Å². The van der Waals surface area contributed by atoms with Crippen molar-refractivity contribution in [2.75, 3.05) is 12.3 Å². The summed E-state index contributed by atoms with van der Waals surface area (Å²) in [6.45, 7) is 1.96. The van der Waals surface area contributed by atoms with E-state index in [0.29, 0.717) is 4.31 Å². The highest BCUT2D eigenvalue weighted by molar-refractivity contribution is 7.89. The number of aliphatic carboxylic acids is 1. The minimum atomic E-state index is -4.58. The first-order chi connectivity index (χ1) is 7.46. The monoisotopic (exact) mass is 277 g/mol. The van der Waals surface area contributed by atoms with Crippen molar-refractivity contribution in [1.82, 2.24) is 4.31 Å². The van der Waals surface area contributed by atoms with Crippen LogP contribution in [0.25, 0.3) is 0 Å². The Morgan fingerprint density at radius 1 is 1.35 bits per heavy atom. The lowest BCUT2D eigenvalue weighted by Gasteiger charge is -2.24. The van der Waals surface area contributed by atoms with E-state index >= 15 is 0 Å². The molecule has 0 aromatic carbocycles. The Morgan fingerprint density at radius 2 is 1.82 bits per heavy atom. The fraction of sp³-hybridized carbons (Fsp3) is 0.875. The number of halogens is 3. The first kappa shape index (κ1) is 16.2.